The summed E-state index contributed by atoms with van der Waals surface area (Å²) in [6, 6.07) is 17.3. The van der Waals surface area contributed by atoms with Crippen LogP contribution in [-0.2, 0) is 0 Å². The van der Waals surface area contributed by atoms with Gasteiger partial charge in [-0.05, 0) is 49.2 Å². The van der Waals surface area contributed by atoms with E-state index in [0.717, 1.165) is 43.0 Å². The summed E-state index contributed by atoms with van der Waals surface area (Å²) >= 11 is 0. The summed E-state index contributed by atoms with van der Waals surface area (Å²) in [5, 5.41) is 7.24. The number of para-hydroxylation sites is 1. The number of aromatic nitrogens is 4. The van der Waals surface area contributed by atoms with Crippen LogP contribution in [0, 0.1) is 0 Å². The van der Waals surface area contributed by atoms with Gasteiger partial charge in [0.25, 0.3) is 0 Å². The normalized spacial score (nSPS) is 14.7. The third-order valence-corrected chi connectivity index (χ3v) is 5.08. The number of hydrogen-bond donors (Lipinski definition) is 1. The zero-order valence-electron chi connectivity index (χ0n) is 16.4. The number of piperidine rings is 1. The molecule has 0 aliphatic carbocycles. The molecule has 0 spiro atoms. The van der Waals surface area contributed by atoms with E-state index in [1.165, 1.54) is 17.6 Å². The Balaban J connectivity index is 1.47. The van der Waals surface area contributed by atoms with Crippen molar-refractivity contribution in [1.29, 1.82) is 0 Å². The molecule has 8 heteroatoms. The molecule has 30 heavy (non-hydrogen) atoms. The SMILES string of the molecule is Nc1ncnc2c1c(-c1ccc(Oc3ccccc3)cc1)nn2ON1CCCCC1. The van der Waals surface area contributed by atoms with E-state index in [4.69, 9.17) is 15.4 Å². The first-order chi connectivity index (χ1) is 14.8. The second kappa shape index (κ2) is 8.00. The lowest BCUT2D eigenvalue weighted by Crippen LogP contribution is -2.38. The predicted molar refractivity (Wildman–Crippen MR) is 114 cm³/mol. The summed E-state index contributed by atoms with van der Waals surface area (Å²) in [7, 11) is 0. The van der Waals surface area contributed by atoms with Crippen LogP contribution in [-0.4, -0.2) is 38.1 Å². The molecule has 2 N–H and O–H groups in total. The second-order valence-electron chi connectivity index (χ2n) is 7.19. The van der Waals surface area contributed by atoms with Gasteiger partial charge in [-0.2, -0.15) is 0 Å². The number of hydrogen-bond acceptors (Lipinski definition) is 7. The van der Waals surface area contributed by atoms with E-state index in [-0.39, 0.29) is 0 Å². The lowest BCUT2D eigenvalue weighted by atomic mass is 10.1. The summed E-state index contributed by atoms with van der Waals surface area (Å²) in [5.41, 5.74) is 8.27. The van der Waals surface area contributed by atoms with Gasteiger partial charge in [0.15, 0.2) is 0 Å². The van der Waals surface area contributed by atoms with Gasteiger partial charge in [-0.25, -0.2) is 9.97 Å². The van der Waals surface area contributed by atoms with Crippen molar-refractivity contribution < 1.29 is 9.68 Å². The lowest BCUT2D eigenvalue weighted by Gasteiger charge is -2.24. The Morgan fingerprint density at radius 2 is 1.57 bits per heavy atom. The Bertz CT molecular complexity index is 1140. The first-order valence-electron chi connectivity index (χ1n) is 10.0. The zero-order chi connectivity index (χ0) is 20.3. The van der Waals surface area contributed by atoms with Gasteiger partial charge in [0.1, 0.15) is 29.3 Å². The molecule has 0 amide bonds. The molecule has 2 aromatic heterocycles. The van der Waals surface area contributed by atoms with Gasteiger partial charge < -0.3 is 10.5 Å². The summed E-state index contributed by atoms with van der Waals surface area (Å²) in [6.45, 7) is 1.73. The molecule has 1 aliphatic heterocycles. The molecule has 2 aromatic carbocycles. The zero-order valence-corrected chi connectivity index (χ0v) is 16.4. The van der Waals surface area contributed by atoms with Crippen LogP contribution in [0.3, 0.4) is 0 Å². The van der Waals surface area contributed by atoms with Crippen molar-refractivity contribution in [2.45, 2.75) is 19.3 Å². The summed E-state index contributed by atoms with van der Waals surface area (Å²) in [4.78, 5) is 16.0. The smallest absolute Gasteiger partial charge is 0.207 e. The largest absolute Gasteiger partial charge is 0.457 e. The van der Waals surface area contributed by atoms with Crippen molar-refractivity contribution >= 4 is 16.9 Å². The molecular formula is C22H22N6O2. The van der Waals surface area contributed by atoms with Gasteiger partial charge in [-0.1, -0.05) is 29.5 Å². The Kier molecular flexibility index (Phi) is 4.90. The minimum atomic E-state index is 0.369. The van der Waals surface area contributed by atoms with Crippen molar-refractivity contribution in [2.24, 2.45) is 0 Å². The maximum Gasteiger partial charge on any atom is 0.207 e. The standard InChI is InChI=1S/C22H22N6O2/c23-21-19-20(16-9-11-18(12-10-16)29-17-7-3-1-4-8-17)26-28(22(19)25-15-24-21)30-27-13-5-2-6-14-27/h1,3-4,7-12,15H,2,5-6,13-14H2,(H2,23,24,25). The number of rotatable bonds is 5. The van der Waals surface area contributed by atoms with Crippen molar-refractivity contribution in [3.8, 4) is 22.8 Å². The third-order valence-electron chi connectivity index (χ3n) is 5.08. The number of ether oxygens (including phenoxy) is 1. The molecule has 5 rings (SSSR count). The van der Waals surface area contributed by atoms with E-state index in [1.807, 2.05) is 59.7 Å². The van der Waals surface area contributed by atoms with Crippen molar-refractivity contribution in [2.75, 3.05) is 18.8 Å². The highest BCUT2D eigenvalue weighted by molar-refractivity contribution is 5.98. The monoisotopic (exact) mass is 402 g/mol. The van der Waals surface area contributed by atoms with Gasteiger partial charge in [0.2, 0.25) is 5.65 Å². The number of anilines is 1. The number of nitrogens with zero attached hydrogens (tertiary/aromatic N) is 5. The highest BCUT2D eigenvalue weighted by atomic mass is 16.8. The fraction of sp³-hybridized carbons (Fsp3) is 0.227. The molecule has 0 atom stereocenters. The maximum absolute atomic E-state index is 6.17. The van der Waals surface area contributed by atoms with E-state index in [9.17, 15) is 0 Å². The maximum atomic E-state index is 6.17. The first kappa shape index (κ1) is 18.4. The summed E-state index contributed by atoms with van der Waals surface area (Å²) < 4.78 is 5.88. The van der Waals surface area contributed by atoms with Crippen LogP contribution in [0.2, 0.25) is 0 Å². The predicted octanol–water partition coefficient (Wildman–Crippen LogP) is 3.70. The topological polar surface area (TPSA) is 91.3 Å². The molecule has 1 fully saturated rings. The average molecular weight is 402 g/mol. The van der Waals surface area contributed by atoms with Crippen LogP contribution in [0.4, 0.5) is 5.82 Å². The van der Waals surface area contributed by atoms with Gasteiger partial charge in [0.05, 0.1) is 5.39 Å². The van der Waals surface area contributed by atoms with Gasteiger partial charge >= 0.3 is 0 Å². The number of hydroxylamine groups is 2. The Morgan fingerprint density at radius 1 is 0.833 bits per heavy atom. The fourth-order valence-electron chi connectivity index (χ4n) is 3.57. The van der Waals surface area contributed by atoms with Crippen LogP contribution in [0.1, 0.15) is 19.3 Å². The molecule has 1 aliphatic rings. The molecule has 0 bridgehead atoms. The van der Waals surface area contributed by atoms with Crippen molar-refractivity contribution in [3.05, 3.63) is 60.9 Å². The fourth-order valence-corrected chi connectivity index (χ4v) is 3.57. The minimum absolute atomic E-state index is 0.369. The van der Waals surface area contributed by atoms with Gasteiger partial charge in [-0.15, -0.1) is 10.2 Å². The second-order valence-corrected chi connectivity index (χ2v) is 7.19. The van der Waals surface area contributed by atoms with E-state index < -0.39 is 0 Å². The summed E-state index contributed by atoms with van der Waals surface area (Å²) in [5.74, 6) is 1.89. The molecule has 1 saturated heterocycles. The van der Waals surface area contributed by atoms with E-state index in [0.29, 0.717) is 22.5 Å². The number of nitrogens with two attached hydrogens (primary N) is 1. The first-order valence-corrected chi connectivity index (χ1v) is 10.0. The van der Waals surface area contributed by atoms with Crippen molar-refractivity contribution in [1.82, 2.24) is 25.0 Å². The van der Waals surface area contributed by atoms with Crippen molar-refractivity contribution in [3.63, 3.8) is 0 Å². The van der Waals surface area contributed by atoms with Crippen LogP contribution in [0.5, 0.6) is 11.5 Å². The molecule has 0 unspecified atom stereocenters. The van der Waals surface area contributed by atoms with E-state index in [2.05, 4.69) is 15.1 Å². The molecule has 152 valence electrons. The Labute approximate surface area is 173 Å². The van der Waals surface area contributed by atoms with E-state index >= 15 is 0 Å². The van der Waals surface area contributed by atoms with E-state index in [1.54, 1.807) is 0 Å². The van der Waals surface area contributed by atoms with Crippen LogP contribution in [0.25, 0.3) is 22.3 Å². The molecule has 0 radical (unpaired) electrons. The highest BCUT2D eigenvalue weighted by Gasteiger charge is 2.21. The lowest BCUT2D eigenvalue weighted by molar-refractivity contribution is -0.178. The number of fused-ring (bicyclic) bond motifs is 1. The average Bonchev–Trinajstić information content (AvgIpc) is 3.15. The minimum Gasteiger partial charge on any atom is -0.457 e. The molecular weight excluding hydrogens is 380 g/mol. The quantitative estimate of drug-likeness (QED) is 0.544. The van der Waals surface area contributed by atoms with Gasteiger partial charge in [-0.3, -0.25) is 4.94 Å². The summed E-state index contributed by atoms with van der Waals surface area (Å²) in [6.07, 6.45) is 4.85. The Hall–Kier alpha value is -3.65. The van der Waals surface area contributed by atoms with Crippen LogP contribution >= 0.6 is 0 Å². The van der Waals surface area contributed by atoms with Crippen LogP contribution in [0.15, 0.2) is 60.9 Å². The number of nitrogen functional groups attached to an aromatic ring is 1. The highest BCUT2D eigenvalue weighted by Crippen LogP contribution is 2.31. The molecule has 0 saturated carbocycles. The number of benzene rings is 2. The molecule has 4 aromatic rings. The van der Waals surface area contributed by atoms with Crippen LogP contribution < -0.4 is 15.4 Å². The Morgan fingerprint density at radius 3 is 2.33 bits per heavy atom. The van der Waals surface area contributed by atoms with Gasteiger partial charge in [0, 0.05) is 18.7 Å². The third kappa shape index (κ3) is 3.65. The molecule has 3 heterocycles. The molecule has 8 nitrogen and oxygen atoms in total.